The van der Waals surface area contributed by atoms with Crippen LogP contribution in [0.2, 0.25) is 0 Å². The number of carbonyl (C=O) groups is 1. The lowest BCUT2D eigenvalue weighted by molar-refractivity contribution is -0.143. The van der Waals surface area contributed by atoms with E-state index in [-0.39, 0.29) is 12.4 Å². The zero-order valence-electron chi connectivity index (χ0n) is 9.89. The van der Waals surface area contributed by atoms with Crippen LogP contribution < -0.4 is 5.73 Å². The summed E-state index contributed by atoms with van der Waals surface area (Å²) in [5.74, 6) is 0.0933. The zero-order chi connectivity index (χ0) is 13.1. The van der Waals surface area contributed by atoms with Crippen molar-refractivity contribution in [2.75, 3.05) is 12.3 Å². The Kier molecular flexibility index (Phi) is 3.81. The van der Waals surface area contributed by atoms with Crippen LogP contribution in [-0.4, -0.2) is 27.1 Å². The molecule has 0 amide bonds. The van der Waals surface area contributed by atoms with Crippen LogP contribution in [0, 0.1) is 0 Å². The number of hydrogen-bond donors (Lipinski definition) is 1. The van der Waals surface area contributed by atoms with Crippen LogP contribution in [-0.2, 0) is 16.1 Å². The van der Waals surface area contributed by atoms with Crippen LogP contribution >= 0.6 is 15.9 Å². The van der Waals surface area contributed by atoms with Gasteiger partial charge in [0.05, 0.1) is 13.0 Å². The molecule has 0 unspecified atom stereocenters. The van der Waals surface area contributed by atoms with Gasteiger partial charge in [0, 0.05) is 17.2 Å². The van der Waals surface area contributed by atoms with Gasteiger partial charge in [-0.3, -0.25) is 9.36 Å². The van der Waals surface area contributed by atoms with Crippen LogP contribution in [0.4, 0.5) is 5.95 Å². The van der Waals surface area contributed by atoms with E-state index in [1.165, 1.54) is 0 Å². The van der Waals surface area contributed by atoms with Gasteiger partial charge in [0.25, 0.3) is 0 Å². The van der Waals surface area contributed by atoms with Crippen molar-refractivity contribution in [2.45, 2.75) is 19.9 Å². The van der Waals surface area contributed by atoms with E-state index in [9.17, 15) is 4.79 Å². The van der Waals surface area contributed by atoms with Gasteiger partial charge < -0.3 is 10.5 Å². The number of aryl methyl sites for hydroxylation is 1. The van der Waals surface area contributed by atoms with Gasteiger partial charge in [-0.15, -0.1) is 0 Å². The highest BCUT2D eigenvalue weighted by Gasteiger charge is 2.11. The lowest BCUT2D eigenvalue weighted by Gasteiger charge is -2.05. The van der Waals surface area contributed by atoms with Gasteiger partial charge in [-0.2, -0.15) is 0 Å². The third-order valence-electron chi connectivity index (χ3n) is 2.43. The Hall–Kier alpha value is -1.63. The molecule has 2 aromatic heterocycles. The molecule has 2 aromatic rings. The highest BCUT2D eigenvalue weighted by Crippen LogP contribution is 2.19. The largest absolute Gasteiger partial charge is 0.466 e. The predicted molar refractivity (Wildman–Crippen MR) is 70.9 cm³/mol. The van der Waals surface area contributed by atoms with Gasteiger partial charge in [0.15, 0.2) is 5.65 Å². The van der Waals surface area contributed by atoms with Crippen molar-refractivity contribution < 1.29 is 9.53 Å². The van der Waals surface area contributed by atoms with E-state index in [4.69, 9.17) is 10.5 Å². The number of halogens is 1. The van der Waals surface area contributed by atoms with E-state index in [1.807, 2.05) is 6.07 Å². The molecule has 0 spiro atoms. The Bertz CT molecular complexity index is 582. The Morgan fingerprint density at radius 2 is 2.39 bits per heavy atom. The number of carbonyl (C=O) groups excluding carboxylic acids is 1. The number of aromatic nitrogens is 3. The highest BCUT2D eigenvalue weighted by atomic mass is 79.9. The molecule has 6 nitrogen and oxygen atoms in total. The fraction of sp³-hybridized carbons (Fsp3) is 0.364. The molecule has 0 atom stereocenters. The second kappa shape index (κ2) is 5.34. The summed E-state index contributed by atoms with van der Waals surface area (Å²) in [5.41, 5.74) is 7.17. The summed E-state index contributed by atoms with van der Waals surface area (Å²) in [6, 6.07) is 1.83. The molecule has 0 aliphatic carbocycles. The van der Waals surface area contributed by atoms with Gasteiger partial charge in [0.2, 0.25) is 5.95 Å². The molecule has 0 aliphatic rings. The van der Waals surface area contributed by atoms with E-state index in [2.05, 4.69) is 25.9 Å². The third-order valence-corrected chi connectivity index (χ3v) is 2.86. The van der Waals surface area contributed by atoms with E-state index < -0.39 is 0 Å². The van der Waals surface area contributed by atoms with Gasteiger partial charge in [-0.05, 0) is 28.9 Å². The molecule has 0 saturated carbocycles. The molecule has 7 heteroatoms. The quantitative estimate of drug-likeness (QED) is 0.869. The highest BCUT2D eigenvalue weighted by molar-refractivity contribution is 9.10. The molecular formula is C11H13BrN4O2. The first-order chi connectivity index (χ1) is 8.61. The Balaban J connectivity index is 2.22. The molecule has 2 N–H and O–H groups in total. The zero-order valence-corrected chi connectivity index (χ0v) is 11.5. The van der Waals surface area contributed by atoms with E-state index in [0.29, 0.717) is 30.3 Å². The monoisotopic (exact) mass is 312 g/mol. The van der Waals surface area contributed by atoms with Crippen molar-refractivity contribution in [2.24, 2.45) is 0 Å². The van der Waals surface area contributed by atoms with Crippen LogP contribution in [0.3, 0.4) is 0 Å². The topological polar surface area (TPSA) is 83.0 Å². The van der Waals surface area contributed by atoms with Crippen LogP contribution in [0.1, 0.15) is 13.3 Å². The number of rotatable bonds is 4. The smallest absolute Gasteiger partial charge is 0.307 e. The minimum atomic E-state index is -0.254. The van der Waals surface area contributed by atoms with E-state index in [1.54, 1.807) is 17.7 Å². The Labute approximate surface area is 112 Å². The number of ether oxygens (including phenoxy) is 1. The number of pyridine rings is 1. The predicted octanol–water partition coefficient (Wildman–Crippen LogP) is 1.73. The van der Waals surface area contributed by atoms with Gasteiger partial charge >= 0.3 is 5.97 Å². The molecule has 0 radical (unpaired) electrons. The minimum Gasteiger partial charge on any atom is -0.466 e. The number of anilines is 1. The Morgan fingerprint density at radius 3 is 3.11 bits per heavy atom. The molecule has 0 bridgehead atoms. The van der Waals surface area contributed by atoms with Crippen molar-refractivity contribution in [1.82, 2.24) is 14.5 Å². The summed E-state index contributed by atoms with van der Waals surface area (Å²) < 4.78 is 7.41. The van der Waals surface area contributed by atoms with Crippen molar-refractivity contribution in [3.8, 4) is 0 Å². The fourth-order valence-electron chi connectivity index (χ4n) is 1.66. The molecule has 18 heavy (non-hydrogen) atoms. The number of nitrogens with two attached hydrogens (primary N) is 1. The Morgan fingerprint density at radius 1 is 1.61 bits per heavy atom. The number of nitrogen functional groups attached to an aromatic ring is 1. The second-order valence-corrected chi connectivity index (χ2v) is 4.59. The van der Waals surface area contributed by atoms with E-state index in [0.717, 1.165) is 4.47 Å². The lowest BCUT2D eigenvalue weighted by Crippen LogP contribution is -2.11. The summed E-state index contributed by atoms with van der Waals surface area (Å²) in [5, 5.41) is 0. The molecule has 0 fully saturated rings. The molecule has 2 rings (SSSR count). The number of imidazole rings is 1. The van der Waals surface area contributed by atoms with Crippen LogP contribution in [0.5, 0.6) is 0 Å². The van der Waals surface area contributed by atoms with Gasteiger partial charge in [0.1, 0.15) is 5.52 Å². The molecule has 2 heterocycles. The van der Waals surface area contributed by atoms with Crippen LogP contribution in [0.25, 0.3) is 11.2 Å². The molecule has 96 valence electrons. The standard InChI is InChI=1S/C11H13BrN4O2/c1-2-18-9(17)3-4-16-10-8(15-11(16)13)5-7(12)6-14-10/h5-6H,2-4H2,1H3,(H2,13,15). The molecule has 0 saturated heterocycles. The molecule has 0 aromatic carbocycles. The van der Waals surface area contributed by atoms with Crippen molar-refractivity contribution in [1.29, 1.82) is 0 Å². The van der Waals surface area contributed by atoms with Gasteiger partial charge in [-0.1, -0.05) is 0 Å². The fourth-order valence-corrected chi connectivity index (χ4v) is 1.98. The van der Waals surface area contributed by atoms with Crippen molar-refractivity contribution in [3.63, 3.8) is 0 Å². The first-order valence-corrected chi connectivity index (χ1v) is 6.34. The molecule has 0 aliphatic heterocycles. The summed E-state index contributed by atoms with van der Waals surface area (Å²) in [7, 11) is 0. The number of hydrogen-bond acceptors (Lipinski definition) is 5. The number of nitrogens with zero attached hydrogens (tertiary/aromatic N) is 3. The maximum absolute atomic E-state index is 11.3. The summed E-state index contributed by atoms with van der Waals surface area (Å²) >= 11 is 3.32. The number of esters is 1. The average Bonchev–Trinajstić information content (AvgIpc) is 2.61. The maximum Gasteiger partial charge on any atom is 0.307 e. The lowest BCUT2D eigenvalue weighted by atomic mass is 10.4. The summed E-state index contributed by atoms with van der Waals surface area (Å²) in [6.07, 6.45) is 1.92. The minimum absolute atomic E-state index is 0.251. The number of fused-ring (bicyclic) bond motifs is 1. The summed E-state index contributed by atoms with van der Waals surface area (Å²) in [4.78, 5) is 19.8. The van der Waals surface area contributed by atoms with Gasteiger partial charge in [-0.25, -0.2) is 9.97 Å². The first kappa shape index (κ1) is 12.8. The average molecular weight is 313 g/mol. The SMILES string of the molecule is CCOC(=O)CCn1c(N)nc2cc(Br)cnc21. The first-order valence-electron chi connectivity index (χ1n) is 5.54. The maximum atomic E-state index is 11.3. The molecular weight excluding hydrogens is 300 g/mol. The third kappa shape index (κ3) is 2.61. The van der Waals surface area contributed by atoms with E-state index >= 15 is 0 Å². The second-order valence-electron chi connectivity index (χ2n) is 3.67. The van der Waals surface area contributed by atoms with Crippen molar-refractivity contribution in [3.05, 3.63) is 16.7 Å². The van der Waals surface area contributed by atoms with Crippen LogP contribution in [0.15, 0.2) is 16.7 Å². The van der Waals surface area contributed by atoms with Crippen molar-refractivity contribution >= 4 is 39.0 Å². The normalized spacial score (nSPS) is 10.8. The summed E-state index contributed by atoms with van der Waals surface area (Å²) in [6.45, 7) is 2.57.